The van der Waals surface area contributed by atoms with Crippen molar-refractivity contribution >= 4 is 40.7 Å². The Labute approximate surface area is 261 Å². The van der Waals surface area contributed by atoms with Crippen molar-refractivity contribution in [1.82, 2.24) is 29.3 Å². The zero-order valence-electron chi connectivity index (χ0n) is 24.4. The molecule has 2 aromatic carbocycles. The number of fused-ring (bicyclic) bond motifs is 2. The van der Waals surface area contributed by atoms with Crippen molar-refractivity contribution in [2.75, 3.05) is 6.61 Å². The summed E-state index contributed by atoms with van der Waals surface area (Å²) < 4.78 is 9.81. The number of tetrazole rings is 1. The summed E-state index contributed by atoms with van der Waals surface area (Å²) in [5.41, 5.74) is 2.93. The van der Waals surface area contributed by atoms with Gasteiger partial charge in [-0.25, -0.2) is 4.79 Å². The highest BCUT2D eigenvalue weighted by Gasteiger charge is 2.46. The van der Waals surface area contributed by atoms with E-state index in [0.29, 0.717) is 39.7 Å². The third kappa shape index (κ3) is 5.64. The fraction of sp³-hybridized carbons (Fsp3) is 0.281. The van der Waals surface area contributed by atoms with Crippen LogP contribution < -0.4 is 5.56 Å². The van der Waals surface area contributed by atoms with Crippen molar-refractivity contribution in [2.24, 2.45) is 5.92 Å². The molecule has 12 nitrogen and oxygen atoms in total. The average molecular weight is 629 g/mol. The molecule has 230 valence electrons. The lowest BCUT2D eigenvalue weighted by atomic mass is 9.80. The molecule has 0 bridgehead atoms. The second-order valence-corrected chi connectivity index (χ2v) is 11.9. The van der Waals surface area contributed by atoms with Gasteiger partial charge < -0.3 is 19.2 Å². The average Bonchev–Trinajstić information content (AvgIpc) is 3.75. The van der Waals surface area contributed by atoms with Gasteiger partial charge >= 0.3 is 11.9 Å². The number of carbonyl (C=O) groups excluding carboxylic acids is 2. The number of carbonyl (C=O) groups is 3. The predicted molar refractivity (Wildman–Crippen MR) is 164 cm³/mol. The molecule has 0 amide bonds. The van der Waals surface area contributed by atoms with E-state index in [-0.39, 0.29) is 24.9 Å². The van der Waals surface area contributed by atoms with Crippen LogP contribution in [0.25, 0.3) is 27.7 Å². The van der Waals surface area contributed by atoms with Crippen LogP contribution in [0.5, 0.6) is 0 Å². The van der Waals surface area contributed by atoms with Gasteiger partial charge in [-0.05, 0) is 75.3 Å². The van der Waals surface area contributed by atoms with Crippen molar-refractivity contribution < 1.29 is 24.2 Å². The number of aromatic nitrogens is 6. The van der Waals surface area contributed by atoms with Gasteiger partial charge in [0.2, 0.25) is 0 Å². The Morgan fingerprint density at radius 2 is 1.93 bits per heavy atom. The van der Waals surface area contributed by atoms with E-state index in [0.717, 1.165) is 17.2 Å². The van der Waals surface area contributed by atoms with Crippen LogP contribution in [-0.4, -0.2) is 59.3 Å². The summed E-state index contributed by atoms with van der Waals surface area (Å²) in [7, 11) is 0. The fourth-order valence-corrected chi connectivity index (χ4v) is 6.34. The highest BCUT2D eigenvalue weighted by Crippen LogP contribution is 2.50. The van der Waals surface area contributed by atoms with Crippen molar-refractivity contribution in [3.05, 3.63) is 93.8 Å². The second kappa shape index (κ2) is 12.1. The van der Waals surface area contributed by atoms with Crippen LogP contribution in [0.2, 0.25) is 5.02 Å². The topological polar surface area (TPSA) is 151 Å². The molecule has 45 heavy (non-hydrogen) atoms. The van der Waals surface area contributed by atoms with E-state index >= 15 is 0 Å². The highest BCUT2D eigenvalue weighted by molar-refractivity contribution is 6.31. The molecule has 0 saturated carbocycles. The van der Waals surface area contributed by atoms with Gasteiger partial charge in [0.15, 0.2) is 0 Å². The zero-order valence-corrected chi connectivity index (χ0v) is 25.2. The van der Waals surface area contributed by atoms with E-state index < -0.39 is 29.4 Å². The molecule has 5 aromatic rings. The molecule has 3 aromatic heterocycles. The van der Waals surface area contributed by atoms with Gasteiger partial charge in [0, 0.05) is 52.3 Å². The van der Waals surface area contributed by atoms with Crippen LogP contribution in [0, 0.1) is 5.92 Å². The molecule has 4 heterocycles. The second-order valence-electron chi connectivity index (χ2n) is 11.4. The molecule has 2 unspecified atom stereocenters. The number of benzene rings is 2. The van der Waals surface area contributed by atoms with Crippen LogP contribution in [0.15, 0.2) is 71.9 Å². The molecule has 1 aliphatic rings. The van der Waals surface area contributed by atoms with Gasteiger partial charge in [0.05, 0.1) is 12.3 Å². The van der Waals surface area contributed by atoms with E-state index in [1.54, 1.807) is 41.1 Å². The maximum absolute atomic E-state index is 13.7. The lowest BCUT2D eigenvalue weighted by Crippen LogP contribution is -2.29. The Balaban J connectivity index is 1.43. The summed E-state index contributed by atoms with van der Waals surface area (Å²) in [6, 6.07) is 14.2. The first kappa shape index (κ1) is 29.9. The Hall–Kier alpha value is -5.10. The third-order valence-electron chi connectivity index (χ3n) is 8.06. The number of carboxylic acid groups (broad SMARTS) is 1. The molecule has 1 N–H and O–H groups in total. The number of rotatable bonds is 10. The summed E-state index contributed by atoms with van der Waals surface area (Å²) in [6.45, 7) is 4.29. The maximum Gasteiger partial charge on any atom is 0.327 e. The lowest BCUT2D eigenvalue weighted by molar-refractivity contribution is -0.145. The smallest absolute Gasteiger partial charge is 0.327 e. The molecule has 0 fully saturated rings. The predicted octanol–water partition coefficient (Wildman–Crippen LogP) is 4.39. The molecule has 13 heteroatoms. The number of pyridine rings is 1. The Morgan fingerprint density at radius 1 is 1.11 bits per heavy atom. The number of aldehydes is 1. The molecular weight excluding hydrogens is 600 g/mol. The van der Waals surface area contributed by atoms with Crippen LogP contribution in [-0.2, 0) is 25.7 Å². The molecule has 0 radical (unpaired) electrons. The third-order valence-corrected chi connectivity index (χ3v) is 8.29. The number of aliphatic carboxylic acids is 1. The summed E-state index contributed by atoms with van der Waals surface area (Å²) in [5, 5.41) is 23.0. The zero-order chi connectivity index (χ0) is 31.8. The van der Waals surface area contributed by atoms with E-state index in [4.69, 9.17) is 16.3 Å². The minimum absolute atomic E-state index is 0.00647. The van der Waals surface area contributed by atoms with Crippen molar-refractivity contribution in [2.45, 2.75) is 44.7 Å². The van der Waals surface area contributed by atoms with Gasteiger partial charge in [-0.2, -0.15) is 4.68 Å². The summed E-state index contributed by atoms with van der Waals surface area (Å²) in [6.07, 6.45) is 3.92. The normalized spacial score (nSPS) is 17.5. The first-order valence-corrected chi connectivity index (χ1v) is 14.7. The minimum atomic E-state index is -1.25. The lowest BCUT2D eigenvalue weighted by Gasteiger charge is -2.22. The van der Waals surface area contributed by atoms with Crippen molar-refractivity contribution in [3.8, 4) is 16.8 Å². The minimum Gasteiger partial charge on any atom is -0.480 e. The van der Waals surface area contributed by atoms with Crippen LogP contribution in [0.3, 0.4) is 0 Å². The number of carboxylic acids is 1. The molecule has 1 aliphatic heterocycles. The van der Waals surface area contributed by atoms with Crippen LogP contribution in [0.4, 0.5) is 0 Å². The van der Waals surface area contributed by atoms with Gasteiger partial charge in [-0.1, -0.05) is 31.5 Å². The largest absolute Gasteiger partial charge is 0.480 e. The monoisotopic (exact) mass is 628 g/mol. The number of halogens is 1. The van der Waals surface area contributed by atoms with Gasteiger partial charge in [-0.15, -0.1) is 5.10 Å². The Kier molecular flexibility index (Phi) is 8.07. The highest BCUT2D eigenvalue weighted by atomic mass is 35.5. The molecule has 3 atom stereocenters. The van der Waals surface area contributed by atoms with Gasteiger partial charge in [-0.3, -0.25) is 14.2 Å². The van der Waals surface area contributed by atoms with Crippen LogP contribution in [0.1, 0.15) is 49.4 Å². The van der Waals surface area contributed by atoms with E-state index in [1.807, 2.05) is 32.0 Å². The summed E-state index contributed by atoms with van der Waals surface area (Å²) in [5.74, 6) is -2.66. The van der Waals surface area contributed by atoms with E-state index in [2.05, 4.69) is 15.5 Å². The molecule has 0 aliphatic carbocycles. The van der Waals surface area contributed by atoms with E-state index in [9.17, 15) is 24.3 Å². The first-order valence-electron chi connectivity index (χ1n) is 14.4. The fourth-order valence-electron chi connectivity index (χ4n) is 6.17. The van der Waals surface area contributed by atoms with Crippen molar-refractivity contribution in [3.63, 3.8) is 0 Å². The summed E-state index contributed by atoms with van der Waals surface area (Å²) in [4.78, 5) is 50.9. The molecule has 0 saturated heterocycles. The SMILES string of the molecule is CC(C)COC(=O)Cn1ccc2cc(C3C(CC=O)c4cc(-c5cc(Cl)ccc5-n5cnnn5)cc(=O)n4[C@@H]3C(=O)O)ccc21. The summed E-state index contributed by atoms with van der Waals surface area (Å²) >= 11 is 6.34. The van der Waals surface area contributed by atoms with Crippen molar-refractivity contribution in [1.29, 1.82) is 0 Å². The molecular formula is C32H29ClN6O6. The Morgan fingerprint density at radius 3 is 2.64 bits per heavy atom. The van der Waals surface area contributed by atoms with Gasteiger partial charge in [0.25, 0.3) is 5.56 Å². The van der Waals surface area contributed by atoms with Gasteiger partial charge in [0.1, 0.15) is 25.2 Å². The molecule has 6 rings (SSSR count). The Bertz CT molecular complexity index is 1980. The quantitative estimate of drug-likeness (QED) is 0.175. The first-order chi connectivity index (χ1) is 21.7. The maximum atomic E-state index is 13.7. The van der Waals surface area contributed by atoms with E-state index in [1.165, 1.54) is 21.6 Å². The number of hydrogen-bond acceptors (Lipinski definition) is 8. The van der Waals surface area contributed by atoms with Crippen LogP contribution >= 0.6 is 11.6 Å². The number of nitrogens with zero attached hydrogens (tertiary/aromatic N) is 6. The standard InChI is InChI=1S/C32H29ClN6O6/c1-18(2)16-45-29(42)15-37-9-7-19-11-20(3-5-25(19)37)30-23(8-10-40)27-12-21(13-28(41)39(27)31(30)32(43)44)24-14-22(33)4-6-26(24)38-17-34-35-36-38/h3-7,9-14,17-18,23,30-31H,8,15-16H2,1-2H3,(H,43,44)/t23?,30?,31-/m0/s1. The number of esters is 1. The number of ether oxygens (including phenoxy) is 1. The number of hydrogen-bond donors (Lipinski definition) is 1. The molecule has 0 spiro atoms.